The van der Waals surface area contributed by atoms with Crippen LogP contribution in [0.1, 0.15) is 50.2 Å². The number of alkyl halides is 3. The lowest BCUT2D eigenvalue weighted by Gasteiger charge is -2.11. The third kappa shape index (κ3) is 13.0. The molecule has 1 aromatic carbocycles. The zero-order valence-electron chi connectivity index (χ0n) is 17.7. The number of methoxy groups -OCH3 is 1. The zero-order chi connectivity index (χ0) is 22.2. The maximum atomic E-state index is 12.1. The number of guanidine groups is 1. The summed E-state index contributed by atoms with van der Waals surface area (Å²) in [5, 5.41) is 6.46. The Morgan fingerprint density at radius 1 is 1.03 bits per heavy atom. The molecular formula is C21H32F3N3O3. The summed E-state index contributed by atoms with van der Waals surface area (Å²) in [6.07, 6.45) is -0.0598. The fourth-order valence-electron chi connectivity index (χ4n) is 2.59. The van der Waals surface area contributed by atoms with Crippen molar-refractivity contribution in [2.24, 2.45) is 4.99 Å². The Morgan fingerprint density at radius 3 is 2.33 bits per heavy atom. The first-order chi connectivity index (χ1) is 14.3. The number of ether oxygens (including phenoxy) is 2. The lowest BCUT2D eigenvalue weighted by Crippen LogP contribution is -2.37. The van der Waals surface area contributed by atoms with Gasteiger partial charge in [0.25, 0.3) is 0 Å². The van der Waals surface area contributed by atoms with E-state index in [-0.39, 0.29) is 12.6 Å². The van der Waals surface area contributed by atoms with Crippen LogP contribution in [-0.2, 0) is 27.4 Å². The highest BCUT2D eigenvalue weighted by molar-refractivity contribution is 5.79. The summed E-state index contributed by atoms with van der Waals surface area (Å²) in [6, 6.07) is 7.16. The molecule has 2 N–H and O–H groups in total. The van der Waals surface area contributed by atoms with Crippen molar-refractivity contribution in [3.05, 3.63) is 35.4 Å². The van der Waals surface area contributed by atoms with E-state index in [9.17, 15) is 18.0 Å². The van der Waals surface area contributed by atoms with Crippen LogP contribution in [0.2, 0.25) is 0 Å². The van der Waals surface area contributed by atoms with Gasteiger partial charge in [-0.25, -0.2) is 4.99 Å². The number of aliphatic imine (C=N–C) groups is 1. The Hall–Kier alpha value is -2.29. The number of carbonyl (C=O) groups excluding carboxylic acids is 1. The van der Waals surface area contributed by atoms with Crippen molar-refractivity contribution in [3.63, 3.8) is 0 Å². The first-order valence-corrected chi connectivity index (χ1v) is 10.2. The molecule has 0 radical (unpaired) electrons. The van der Waals surface area contributed by atoms with Gasteiger partial charge in [-0.3, -0.25) is 4.79 Å². The average molecular weight is 431 g/mol. The van der Waals surface area contributed by atoms with E-state index >= 15 is 0 Å². The third-order valence-corrected chi connectivity index (χ3v) is 4.15. The Bertz CT molecular complexity index is 635. The van der Waals surface area contributed by atoms with Gasteiger partial charge >= 0.3 is 12.1 Å². The molecule has 0 saturated heterocycles. The van der Waals surface area contributed by atoms with Gasteiger partial charge in [-0.1, -0.05) is 37.1 Å². The highest BCUT2D eigenvalue weighted by atomic mass is 19.4. The second kappa shape index (κ2) is 14.7. The van der Waals surface area contributed by atoms with Crippen molar-refractivity contribution in [1.82, 2.24) is 10.6 Å². The number of halogens is 3. The minimum absolute atomic E-state index is 0.0765. The average Bonchev–Trinajstić information content (AvgIpc) is 2.71. The first kappa shape index (κ1) is 25.7. The van der Waals surface area contributed by atoms with E-state index in [1.165, 1.54) is 7.11 Å². The molecule has 0 aliphatic heterocycles. The number of rotatable bonds is 13. The van der Waals surface area contributed by atoms with Gasteiger partial charge in [0.15, 0.2) is 5.96 Å². The molecule has 0 spiro atoms. The van der Waals surface area contributed by atoms with E-state index in [2.05, 4.69) is 25.1 Å². The zero-order valence-corrected chi connectivity index (χ0v) is 17.7. The van der Waals surface area contributed by atoms with Crippen LogP contribution in [0.3, 0.4) is 0 Å². The summed E-state index contributed by atoms with van der Waals surface area (Å²) in [5.74, 6) is 0.543. The van der Waals surface area contributed by atoms with E-state index in [0.29, 0.717) is 24.5 Å². The largest absolute Gasteiger partial charge is 0.469 e. The number of hydrogen-bond donors (Lipinski definition) is 2. The molecule has 0 aliphatic rings. The van der Waals surface area contributed by atoms with Gasteiger partial charge in [0.05, 0.1) is 20.3 Å². The van der Waals surface area contributed by atoms with Crippen molar-refractivity contribution in [1.29, 1.82) is 0 Å². The molecule has 6 nitrogen and oxygen atoms in total. The monoisotopic (exact) mass is 431 g/mol. The van der Waals surface area contributed by atoms with Gasteiger partial charge in [0, 0.05) is 19.5 Å². The quantitative estimate of drug-likeness (QED) is 0.214. The van der Waals surface area contributed by atoms with Crippen molar-refractivity contribution in [2.75, 3.05) is 26.8 Å². The molecule has 0 amide bonds. The molecule has 0 aromatic heterocycles. The Balaban J connectivity index is 2.33. The van der Waals surface area contributed by atoms with Crippen molar-refractivity contribution >= 4 is 11.9 Å². The van der Waals surface area contributed by atoms with E-state index in [1.807, 2.05) is 19.1 Å². The summed E-state index contributed by atoms with van der Waals surface area (Å²) in [4.78, 5) is 15.6. The van der Waals surface area contributed by atoms with Crippen molar-refractivity contribution in [2.45, 2.75) is 58.4 Å². The molecule has 0 fully saturated rings. The number of unbranched alkanes of at least 4 members (excludes halogenated alkanes) is 3. The van der Waals surface area contributed by atoms with Crippen LogP contribution in [0.5, 0.6) is 0 Å². The van der Waals surface area contributed by atoms with Crippen molar-refractivity contribution in [3.8, 4) is 0 Å². The van der Waals surface area contributed by atoms with E-state index in [4.69, 9.17) is 0 Å². The van der Waals surface area contributed by atoms with Crippen LogP contribution in [-0.4, -0.2) is 44.9 Å². The SMILES string of the molecule is CCNC(=NCc1ccc(COCC(F)(F)F)cc1)NCCCCCCC(=O)OC. The second-order valence-electron chi connectivity index (χ2n) is 6.79. The Kier molecular flexibility index (Phi) is 12.6. The van der Waals surface area contributed by atoms with Crippen LogP contribution >= 0.6 is 0 Å². The first-order valence-electron chi connectivity index (χ1n) is 10.2. The number of nitrogens with one attached hydrogen (secondary N) is 2. The Morgan fingerprint density at radius 2 is 1.70 bits per heavy atom. The molecule has 0 atom stereocenters. The van der Waals surface area contributed by atoms with Crippen LogP contribution in [0.25, 0.3) is 0 Å². The molecule has 1 rings (SSSR count). The van der Waals surface area contributed by atoms with Gasteiger partial charge in [-0.2, -0.15) is 13.2 Å². The number of esters is 1. The molecule has 1 aromatic rings. The van der Waals surface area contributed by atoms with E-state index < -0.39 is 12.8 Å². The number of nitrogens with zero attached hydrogens (tertiary/aromatic N) is 1. The lowest BCUT2D eigenvalue weighted by atomic mass is 10.1. The molecular weight excluding hydrogens is 399 g/mol. The summed E-state index contributed by atoms with van der Waals surface area (Å²) >= 11 is 0. The van der Waals surface area contributed by atoms with Crippen LogP contribution in [0.4, 0.5) is 13.2 Å². The molecule has 30 heavy (non-hydrogen) atoms. The minimum atomic E-state index is -4.31. The fourth-order valence-corrected chi connectivity index (χ4v) is 2.59. The Labute approximate surface area is 176 Å². The van der Waals surface area contributed by atoms with E-state index in [0.717, 1.165) is 44.3 Å². The predicted octanol–water partition coefficient (Wildman–Crippen LogP) is 3.94. The van der Waals surface area contributed by atoms with Crippen LogP contribution in [0, 0.1) is 0 Å². The number of carbonyl (C=O) groups is 1. The smallest absolute Gasteiger partial charge is 0.411 e. The number of benzene rings is 1. The molecule has 0 heterocycles. The molecule has 0 aliphatic carbocycles. The van der Waals surface area contributed by atoms with Crippen molar-refractivity contribution < 1.29 is 27.4 Å². The summed E-state index contributed by atoms with van der Waals surface area (Å²) in [7, 11) is 1.40. The normalized spacial score (nSPS) is 12.0. The summed E-state index contributed by atoms with van der Waals surface area (Å²) < 4.78 is 45.6. The van der Waals surface area contributed by atoms with Gasteiger partial charge in [0.2, 0.25) is 0 Å². The summed E-state index contributed by atoms with van der Waals surface area (Å²) in [5.41, 5.74) is 1.64. The predicted molar refractivity (Wildman–Crippen MR) is 110 cm³/mol. The van der Waals surface area contributed by atoms with E-state index in [1.54, 1.807) is 12.1 Å². The standard InChI is InChI=1S/C21H32F3N3O3/c1-3-25-20(26-13-7-5-4-6-8-19(28)29-2)27-14-17-9-11-18(12-10-17)15-30-16-21(22,23)24/h9-12H,3-8,13-16H2,1-2H3,(H2,25,26,27). The van der Waals surface area contributed by atoms with Gasteiger partial charge in [-0.05, 0) is 30.9 Å². The van der Waals surface area contributed by atoms with Crippen LogP contribution in [0.15, 0.2) is 29.3 Å². The topological polar surface area (TPSA) is 72.0 Å². The maximum Gasteiger partial charge on any atom is 0.411 e. The second-order valence-corrected chi connectivity index (χ2v) is 6.79. The van der Waals surface area contributed by atoms with Crippen LogP contribution < -0.4 is 10.6 Å². The minimum Gasteiger partial charge on any atom is -0.469 e. The molecule has 0 saturated carbocycles. The molecule has 0 unspecified atom stereocenters. The highest BCUT2D eigenvalue weighted by Gasteiger charge is 2.27. The third-order valence-electron chi connectivity index (χ3n) is 4.15. The number of hydrogen-bond acceptors (Lipinski definition) is 4. The molecule has 9 heteroatoms. The molecule has 170 valence electrons. The fraction of sp³-hybridized carbons (Fsp3) is 0.619. The van der Waals surface area contributed by atoms with Gasteiger partial charge < -0.3 is 20.1 Å². The molecule has 0 bridgehead atoms. The highest BCUT2D eigenvalue weighted by Crippen LogP contribution is 2.16. The van der Waals surface area contributed by atoms with Gasteiger partial charge in [-0.15, -0.1) is 0 Å². The maximum absolute atomic E-state index is 12.1. The van der Waals surface area contributed by atoms with Gasteiger partial charge in [0.1, 0.15) is 6.61 Å². The summed E-state index contributed by atoms with van der Waals surface area (Å²) in [6.45, 7) is 2.63. The lowest BCUT2D eigenvalue weighted by molar-refractivity contribution is -0.176.